The number of hydrogen-bond acceptors (Lipinski definition) is 3. The third-order valence-electron chi connectivity index (χ3n) is 3.67. The molecule has 1 N–H and O–H groups in total. The van der Waals surface area contributed by atoms with Crippen LogP contribution in [0.4, 0.5) is 10.1 Å². The molecule has 0 aliphatic carbocycles. The van der Waals surface area contributed by atoms with Crippen LogP contribution in [0, 0.1) is 12.7 Å². The lowest BCUT2D eigenvalue weighted by Crippen LogP contribution is -2.22. The summed E-state index contributed by atoms with van der Waals surface area (Å²) in [6, 6.07) is 9.47. The van der Waals surface area contributed by atoms with Gasteiger partial charge in [-0.1, -0.05) is 32.0 Å². The summed E-state index contributed by atoms with van der Waals surface area (Å²) in [6.07, 6.45) is 0. The summed E-state index contributed by atoms with van der Waals surface area (Å²) in [5, 5.41) is 2.79. The Morgan fingerprint density at radius 1 is 1.24 bits per heavy atom. The van der Waals surface area contributed by atoms with Gasteiger partial charge in [0.05, 0.1) is 5.56 Å². The fraction of sp³-hybridized carbons (Fsp3) is 0.263. The second-order valence-corrected chi connectivity index (χ2v) is 6.80. The number of halogens is 2. The minimum Gasteiger partial charge on any atom is -0.452 e. The quantitative estimate of drug-likeness (QED) is 0.723. The van der Waals surface area contributed by atoms with Gasteiger partial charge < -0.3 is 10.1 Å². The maximum Gasteiger partial charge on any atom is 0.339 e. The van der Waals surface area contributed by atoms with E-state index in [1.165, 1.54) is 12.1 Å². The third kappa shape index (κ3) is 4.89. The maximum absolute atomic E-state index is 13.3. The van der Waals surface area contributed by atoms with Gasteiger partial charge in [0.15, 0.2) is 6.61 Å². The molecule has 0 spiro atoms. The van der Waals surface area contributed by atoms with Crippen molar-refractivity contribution in [3.05, 3.63) is 63.4 Å². The van der Waals surface area contributed by atoms with Crippen LogP contribution in [-0.2, 0) is 9.53 Å². The summed E-state index contributed by atoms with van der Waals surface area (Å²) < 4.78 is 18.6. The maximum atomic E-state index is 13.3. The van der Waals surface area contributed by atoms with Gasteiger partial charge >= 0.3 is 5.97 Å². The summed E-state index contributed by atoms with van der Waals surface area (Å²) in [5.41, 5.74) is 2.70. The van der Waals surface area contributed by atoms with Gasteiger partial charge in [-0.05, 0) is 58.1 Å². The zero-order chi connectivity index (χ0) is 18.6. The number of benzene rings is 2. The predicted molar refractivity (Wildman–Crippen MR) is 98.3 cm³/mol. The highest BCUT2D eigenvalue weighted by Crippen LogP contribution is 2.27. The zero-order valence-corrected chi connectivity index (χ0v) is 15.8. The normalized spacial score (nSPS) is 10.6. The molecule has 2 aromatic rings. The Morgan fingerprint density at radius 3 is 2.64 bits per heavy atom. The monoisotopic (exact) mass is 407 g/mol. The summed E-state index contributed by atoms with van der Waals surface area (Å²) >= 11 is 3.16. The lowest BCUT2D eigenvalue weighted by Gasteiger charge is -2.16. The molecular formula is C19H19BrFNO3. The molecule has 4 nitrogen and oxygen atoms in total. The molecule has 2 aromatic carbocycles. The summed E-state index contributed by atoms with van der Waals surface area (Å²) in [6.45, 7) is 5.52. The molecule has 0 aromatic heterocycles. The summed E-state index contributed by atoms with van der Waals surface area (Å²) in [7, 11) is 0. The van der Waals surface area contributed by atoms with Gasteiger partial charge in [0.2, 0.25) is 0 Å². The number of carbonyl (C=O) groups is 2. The first-order valence-corrected chi connectivity index (χ1v) is 8.60. The van der Waals surface area contributed by atoms with Crippen LogP contribution in [0.25, 0.3) is 0 Å². The fourth-order valence-corrected chi connectivity index (χ4v) is 2.79. The largest absolute Gasteiger partial charge is 0.452 e. The number of carbonyl (C=O) groups excluding carboxylic acids is 2. The number of para-hydroxylation sites is 1. The lowest BCUT2D eigenvalue weighted by molar-refractivity contribution is -0.119. The number of anilines is 1. The Hall–Kier alpha value is -2.21. The molecule has 0 radical (unpaired) electrons. The lowest BCUT2D eigenvalue weighted by atomic mass is 9.98. The van der Waals surface area contributed by atoms with Crippen molar-refractivity contribution >= 4 is 33.5 Å². The van der Waals surface area contributed by atoms with Gasteiger partial charge in [-0.25, -0.2) is 9.18 Å². The molecule has 0 aliphatic heterocycles. The highest BCUT2D eigenvalue weighted by atomic mass is 79.9. The molecule has 0 fully saturated rings. The fourth-order valence-electron chi connectivity index (χ4n) is 2.38. The van der Waals surface area contributed by atoms with E-state index in [2.05, 4.69) is 21.2 Å². The first kappa shape index (κ1) is 19.1. The van der Waals surface area contributed by atoms with Crippen molar-refractivity contribution in [2.24, 2.45) is 0 Å². The van der Waals surface area contributed by atoms with Crippen molar-refractivity contribution < 1.29 is 18.7 Å². The van der Waals surface area contributed by atoms with E-state index in [1.54, 1.807) is 0 Å². The summed E-state index contributed by atoms with van der Waals surface area (Å²) in [5.74, 6) is -1.53. The van der Waals surface area contributed by atoms with Crippen LogP contribution in [0.1, 0.15) is 41.3 Å². The number of hydrogen-bond donors (Lipinski definition) is 1. The van der Waals surface area contributed by atoms with Crippen LogP contribution in [0.3, 0.4) is 0 Å². The minimum atomic E-state index is -0.768. The van der Waals surface area contributed by atoms with E-state index in [0.29, 0.717) is 4.47 Å². The highest BCUT2D eigenvalue weighted by Gasteiger charge is 2.16. The molecular weight excluding hydrogens is 389 g/mol. The SMILES string of the molecule is Cc1cccc(C(C)C)c1NC(=O)COC(=O)c1cc(F)ccc1Br. The molecule has 0 atom stereocenters. The molecule has 6 heteroatoms. The first-order chi connectivity index (χ1) is 11.8. The number of aryl methyl sites for hydroxylation is 1. The van der Waals surface area contributed by atoms with E-state index >= 15 is 0 Å². The number of amides is 1. The molecule has 132 valence electrons. The Bertz CT molecular complexity index is 805. The van der Waals surface area contributed by atoms with Gasteiger partial charge in [-0.3, -0.25) is 4.79 Å². The Kier molecular flexibility index (Phi) is 6.31. The van der Waals surface area contributed by atoms with Crippen molar-refractivity contribution in [1.82, 2.24) is 0 Å². The van der Waals surface area contributed by atoms with E-state index in [1.807, 2.05) is 39.0 Å². The van der Waals surface area contributed by atoms with Crippen molar-refractivity contribution in [3.8, 4) is 0 Å². The average Bonchev–Trinajstić information content (AvgIpc) is 2.56. The molecule has 0 bridgehead atoms. The van der Waals surface area contributed by atoms with E-state index in [-0.39, 0.29) is 11.5 Å². The first-order valence-electron chi connectivity index (χ1n) is 7.81. The number of ether oxygens (including phenoxy) is 1. The van der Waals surface area contributed by atoms with Gasteiger partial charge in [0.25, 0.3) is 5.91 Å². The van der Waals surface area contributed by atoms with E-state index in [4.69, 9.17) is 4.74 Å². The topological polar surface area (TPSA) is 55.4 Å². The number of nitrogens with one attached hydrogen (secondary N) is 1. The second kappa shape index (κ2) is 8.25. The number of rotatable bonds is 5. The van der Waals surface area contributed by atoms with Crippen molar-refractivity contribution in [2.45, 2.75) is 26.7 Å². The Morgan fingerprint density at radius 2 is 1.96 bits per heavy atom. The van der Waals surface area contributed by atoms with E-state index < -0.39 is 24.3 Å². The van der Waals surface area contributed by atoms with Crippen LogP contribution in [-0.4, -0.2) is 18.5 Å². The smallest absolute Gasteiger partial charge is 0.339 e. The van der Waals surface area contributed by atoms with Crippen molar-refractivity contribution in [1.29, 1.82) is 0 Å². The van der Waals surface area contributed by atoms with Gasteiger partial charge in [0.1, 0.15) is 5.82 Å². The predicted octanol–water partition coefficient (Wildman–Crippen LogP) is 4.82. The van der Waals surface area contributed by atoms with Crippen LogP contribution in [0.15, 0.2) is 40.9 Å². The molecule has 0 saturated heterocycles. The average molecular weight is 408 g/mol. The Balaban J connectivity index is 2.04. The molecule has 25 heavy (non-hydrogen) atoms. The Labute approximate surface area is 154 Å². The molecule has 2 rings (SSSR count). The van der Waals surface area contributed by atoms with Crippen LogP contribution < -0.4 is 5.32 Å². The summed E-state index contributed by atoms with van der Waals surface area (Å²) in [4.78, 5) is 24.2. The second-order valence-electron chi connectivity index (χ2n) is 5.94. The minimum absolute atomic E-state index is 0.0339. The van der Waals surface area contributed by atoms with E-state index in [0.717, 1.165) is 22.9 Å². The molecule has 0 unspecified atom stereocenters. The molecule has 0 heterocycles. The van der Waals surface area contributed by atoms with Gasteiger partial charge in [-0.2, -0.15) is 0 Å². The van der Waals surface area contributed by atoms with Crippen LogP contribution in [0.2, 0.25) is 0 Å². The van der Waals surface area contributed by atoms with Gasteiger partial charge in [0, 0.05) is 10.2 Å². The standard InChI is InChI=1S/C19H19BrFNO3/c1-11(2)14-6-4-5-12(3)18(14)22-17(23)10-25-19(24)15-9-13(21)7-8-16(15)20/h4-9,11H,10H2,1-3H3,(H,22,23). The van der Waals surface area contributed by atoms with E-state index in [9.17, 15) is 14.0 Å². The van der Waals surface area contributed by atoms with Gasteiger partial charge in [-0.15, -0.1) is 0 Å². The number of esters is 1. The van der Waals surface area contributed by atoms with Crippen LogP contribution >= 0.6 is 15.9 Å². The molecule has 0 aliphatic rings. The van der Waals surface area contributed by atoms with Crippen molar-refractivity contribution in [3.63, 3.8) is 0 Å². The van der Waals surface area contributed by atoms with Crippen molar-refractivity contribution in [2.75, 3.05) is 11.9 Å². The van der Waals surface area contributed by atoms with Crippen LogP contribution in [0.5, 0.6) is 0 Å². The molecule has 1 amide bonds. The molecule has 0 saturated carbocycles. The third-order valence-corrected chi connectivity index (χ3v) is 4.37. The highest BCUT2D eigenvalue weighted by molar-refractivity contribution is 9.10. The zero-order valence-electron chi connectivity index (χ0n) is 14.2.